The van der Waals surface area contributed by atoms with Crippen molar-refractivity contribution in [1.29, 1.82) is 0 Å². The van der Waals surface area contributed by atoms with Gasteiger partial charge in [0.05, 0.1) is 0 Å². The number of benzene rings is 4. The van der Waals surface area contributed by atoms with E-state index in [1.807, 2.05) is 0 Å². The van der Waals surface area contributed by atoms with E-state index < -0.39 is 21.5 Å². The first-order valence-electron chi connectivity index (χ1n) is 13.4. The molecule has 0 saturated carbocycles. The Morgan fingerprint density at radius 3 is 2.16 bits per heavy atom. The van der Waals surface area contributed by atoms with Gasteiger partial charge in [-0.1, -0.05) is 0 Å². The summed E-state index contributed by atoms with van der Waals surface area (Å²) in [7, 11) is 16.6. The van der Waals surface area contributed by atoms with Gasteiger partial charge >= 0.3 is 232 Å². The number of aryl methyl sites for hydroxylation is 1. The van der Waals surface area contributed by atoms with Gasteiger partial charge in [0.25, 0.3) is 0 Å². The number of fused-ring (bicyclic) bond motifs is 4. The van der Waals surface area contributed by atoms with Gasteiger partial charge < -0.3 is 0 Å². The average Bonchev–Trinajstić information content (AvgIpc) is 3.48. The molecule has 0 radical (unpaired) electrons. The summed E-state index contributed by atoms with van der Waals surface area (Å²) in [5.74, 6) is -1.54. The molecule has 0 fully saturated rings. The molecule has 0 amide bonds. The Bertz CT molecular complexity index is 1580. The van der Waals surface area contributed by atoms with Crippen LogP contribution in [-0.4, -0.2) is 5.92 Å². The third-order valence-electron chi connectivity index (χ3n) is 8.95. The molecule has 1 unspecified atom stereocenters. The molecule has 0 bridgehead atoms. The molecular weight excluding hydrogens is 587 g/mol. The molecule has 4 aromatic carbocycles. The van der Waals surface area contributed by atoms with Gasteiger partial charge in [0.2, 0.25) is 0 Å². The second-order valence-electron chi connectivity index (χ2n) is 11.1. The van der Waals surface area contributed by atoms with Crippen molar-refractivity contribution in [3.05, 3.63) is 118 Å². The molecule has 2 aliphatic carbocycles. The number of halogens is 2. The van der Waals surface area contributed by atoms with Crippen molar-refractivity contribution in [2.75, 3.05) is 0 Å². The Morgan fingerprint density at radius 1 is 0.784 bits per heavy atom. The number of hydrogen-bond acceptors (Lipinski definition) is 0. The van der Waals surface area contributed by atoms with E-state index >= 15 is 0 Å². The SMILES string of the molecule is CCC1=Cc2c(-c3ccccc3C)cccc2[CH]1[Zr]([Cl])([Cl])([c]1cccc2c1Cc1ccccc1-2)[SiH](C)C. The topological polar surface area (TPSA) is 0 Å². The van der Waals surface area contributed by atoms with Crippen molar-refractivity contribution >= 4 is 32.3 Å². The molecular formula is C33H33Cl2SiZr. The van der Waals surface area contributed by atoms with E-state index in [1.54, 1.807) is 0 Å². The van der Waals surface area contributed by atoms with Crippen molar-refractivity contribution in [1.82, 2.24) is 0 Å². The predicted octanol–water partition coefficient (Wildman–Crippen LogP) is 9.39. The van der Waals surface area contributed by atoms with Crippen LogP contribution >= 0.6 is 17.0 Å². The molecule has 0 N–H and O–H groups in total. The molecule has 0 aliphatic heterocycles. The zero-order valence-electron chi connectivity index (χ0n) is 22.0. The molecule has 0 heterocycles. The summed E-state index contributed by atoms with van der Waals surface area (Å²) in [5.41, 5.74) is 13.4. The predicted molar refractivity (Wildman–Crippen MR) is 163 cm³/mol. The van der Waals surface area contributed by atoms with Crippen LogP contribution in [0, 0.1) is 6.92 Å². The summed E-state index contributed by atoms with van der Waals surface area (Å²) in [6.07, 6.45) is 4.33. The summed E-state index contributed by atoms with van der Waals surface area (Å²) in [6, 6.07) is 31.1. The van der Waals surface area contributed by atoms with Crippen LogP contribution in [0.4, 0.5) is 0 Å². The van der Waals surface area contributed by atoms with E-state index in [0.29, 0.717) is 0 Å². The first-order valence-corrected chi connectivity index (χ1v) is 29.5. The molecule has 187 valence electrons. The molecule has 6 rings (SSSR count). The van der Waals surface area contributed by atoms with Crippen LogP contribution in [0.1, 0.15) is 44.8 Å². The van der Waals surface area contributed by atoms with Crippen LogP contribution in [0.3, 0.4) is 0 Å². The quantitative estimate of drug-likeness (QED) is 0.172. The Labute approximate surface area is 230 Å². The van der Waals surface area contributed by atoms with E-state index in [4.69, 9.17) is 17.0 Å². The Kier molecular flexibility index (Phi) is 6.36. The van der Waals surface area contributed by atoms with Crippen molar-refractivity contribution in [2.24, 2.45) is 0 Å². The first-order chi connectivity index (χ1) is 17.7. The Hall–Kier alpha value is -1.70. The fourth-order valence-electron chi connectivity index (χ4n) is 6.91. The maximum atomic E-state index is 8.31. The maximum absolute atomic E-state index is 8.31. The fraction of sp³-hybridized carbons (Fsp3) is 0.212. The minimum atomic E-state index is -4.66. The van der Waals surface area contributed by atoms with Crippen LogP contribution < -0.4 is 3.27 Å². The molecule has 1 atom stereocenters. The third-order valence-corrected chi connectivity index (χ3v) is 58.9. The third kappa shape index (κ3) is 3.70. The fourth-order valence-corrected chi connectivity index (χ4v) is 34.9. The monoisotopic (exact) mass is 617 g/mol. The van der Waals surface area contributed by atoms with Crippen molar-refractivity contribution in [3.63, 3.8) is 0 Å². The van der Waals surface area contributed by atoms with Crippen LogP contribution in [0.2, 0.25) is 13.1 Å². The van der Waals surface area contributed by atoms with E-state index in [1.165, 1.54) is 58.9 Å². The molecule has 2 aliphatic rings. The van der Waals surface area contributed by atoms with Gasteiger partial charge in [0.15, 0.2) is 0 Å². The second kappa shape index (κ2) is 9.20. The van der Waals surface area contributed by atoms with Crippen molar-refractivity contribution < 1.29 is 15.6 Å². The molecule has 4 aromatic rings. The normalized spacial score (nSPS) is 17.1. The van der Waals surface area contributed by atoms with Crippen molar-refractivity contribution in [2.45, 2.75) is 43.4 Å². The summed E-state index contributed by atoms with van der Waals surface area (Å²) >= 11 is -4.66. The zero-order chi connectivity index (χ0) is 26.0. The van der Waals surface area contributed by atoms with E-state index in [2.05, 4.69) is 118 Å². The van der Waals surface area contributed by atoms with Gasteiger partial charge in [-0.15, -0.1) is 0 Å². The number of allylic oxidation sites excluding steroid dienone is 1. The first kappa shape index (κ1) is 25.6. The molecule has 37 heavy (non-hydrogen) atoms. The summed E-state index contributed by atoms with van der Waals surface area (Å²) in [6.45, 7) is 9.28. The Balaban J connectivity index is 1.61. The van der Waals surface area contributed by atoms with Crippen molar-refractivity contribution in [3.8, 4) is 22.3 Å². The molecule has 4 heteroatoms. The molecule has 0 aromatic heterocycles. The molecule has 0 nitrogen and oxygen atoms in total. The van der Waals surface area contributed by atoms with Crippen LogP contribution in [0.25, 0.3) is 28.3 Å². The number of hydrogen-bond donors (Lipinski definition) is 0. The van der Waals surface area contributed by atoms with Crippen LogP contribution in [0.15, 0.2) is 90.5 Å². The van der Waals surface area contributed by atoms with E-state index in [0.717, 1.165) is 12.8 Å². The number of rotatable bonds is 5. The van der Waals surface area contributed by atoms with E-state index in [-0.39, 0.29) is 3.63 Å². The van der Waals surface area contributed by atoms with Gasteiger partial charge in [0, 0.05) is 0 Å². The van der Waals surface area contributed by atoms with E-state index in [9.17, 15) is 0 Å². The van der Waals surface area contributed by atoms with Gasteiger partial charge in [-0.3, -0.25) is 0 Å². The molecule has 0 saturated heterocycles. The second-order valence-corrected chi connectivity index (χ2v) is 52.5. The summed E-state index contributed by atoms with van der Waals surface area (Å²) in [5, 5.41) is 0. The molecule has 0 spiro atoms. The average molecular weight is 620 g/mol. The summed E-state index contributed by atoms with van der Waals surface area (Å²) < 4.78 is 1.44. The standard InChI is InChI=1S/C18H17.C13H9.C2H7Si.2ClH.Zr/c1-3-14-11-15-8-6-10-17(18(15)12-14)16-9-5-4-7-13(16)2;1-3-7-12-10(5-1)9-11-6-2-4-8-13(11)12;1-3-2;;;/h4-12H,3H2,1-2H3;1-5,7-8H,9H2;3H,1-2H3;2*1H;/q;;;;;+2/p-2. The summed E-state index contributed by atoms with van der Waals surface area (Å²) in [4.78, 5) is 0. The Morgan fingerprint density at radius 2 is 1.43 bits per heavy atom. The van der Waals surface area contributed by atoms with Crippen LogP contribution in [0.5, 0.6) is 0 Å². The zero-order valence-corrected chi connectivity index (χ0v) is 27.1. The van der Waals surface area contributed by atoms with Crippen LogP contribution in [-0.2, 0) is 22.0 Å². The van der Waals surface area contributed by atoms with Gasteiger partial charge in [-0.25, -0.2) is 0 Å². The minimum absolute atomic E-state index is 0.121. The van der Waals surface area contributed by atoms with Gasteiger partial charge in [-0.05, 0) is 0 Å². The van der Waals surface area contributed by atoms with Gasteiger partial charge in [0.1, 0.15) is 0 Å². The van der Waals surface area contributed by atoms with Gasteiger partial charge in [-0.2, -0.15) is 0 Å².